The third kappa shape index (κ3) is 3.08. The van der Waals surface area contributed by atoms with Gasteiger partial charge in [-0.15, -0.1) is 11.3 Å². The molecule has 0 bridgehead atoms. The first-order chi connectivity index (χ1) is 9.63. The van der Waals surface area contributed by atoms with Gasteiger partial charge >= 0.3 is 5.97 Å². The van der Waals surface area contributed by atoms with Crippen LogP contribution in [0.15, 0.2) is 35.2 Å². The Morgan fingerprint density at radius 3 is 2.75 bits per heavy atom. The molecule has 2 rings (SSSR count). The average Bonchev–Trinajstić information content (AvgIpc) is 2.93. The second kappa shape index (κ2) is 6.08. The summed E-state index contributed by atoms with van der Waals surface area (Å²) in [5.41, 5.74) is 1.13. The van der Waals surface area contributed by atoms with Gasteiger partial charge in [0.2, 0.25) is 0 Å². The van der Waals surface area contributed by atoms with E-state index in [-0.39, 0.29) is 11.4 Å². The molecule has 0 unspecified atom stereocenters. The lowest BCUT2D eigenvalue weighted by molar-refractivity contribution is -0.135. The third-order valence-corrected chi connectivity index (χ3v) is 3.34. The minimum atomic E-state index is -0.705. The zero-order valence-corrected chi connectivity index (χ0v) is 11.3. The highest BCUT2D eigenvalue weighted by atomic mass is 32.1. The molecule has 0 fully saturated rings. The molecule has 0 saturated carbocycles. The second-order valence-corrected chi connectivity index (χ2v) is 4.60. The Labute approximate surface area is 118 Å². The summed E-state index contributed by atoms with van der Waals surface area (Å²) >= 11 is 1.34. The van der Waals surface area contributed by atoms with Crippen molar-refractivity contribution in [3.05, 3.63) is 46.7 Å². The lowest BCUT2D eigenvalue weighted by Gasteiger charge is -1.95. The summed E-state index contributed by atoms with van der Waals surface area (Å²) in [4.78, 5) is 15.6. The van der Waals surface area contributed by atoms with E-state index in [0.29, 0.717) is 10.7 Å². The van der Waals surface area contributed by atoms with Crippen LogP contribution in [0.3, 0.4) is 0 Å². The molecule has 0 aliphatic heterocycles. The number of methoxy groups -OCH3 is 1. The van der Waals surface area contributed by atoms with E-state index in [0.717, 1.165) is 5.56 Å². The SMILES string of the molecule is COC(=O)/C(C#N)=C/c1csc(-c2ccc(F)cc2)n1. The van der Waals surface area contributed by atoms with Gasteiger partial charge in [0, 0.05) is 10.9 Å². The number of carbonyl (C=O) groups excluding carboxylic acids is 1. The Bertz CT molecular complexity index is 699. The fraction of sp³-hybridized carbons (Fsp3) is 0.0714. The van der Waals surface area contributed by atoms with Gasteiger partial charge in [-0.25, -0.2) is 14.2 Å². The molecule has 0 amide bonds. The summed E-state index contributed by atoms with van der Waals surface area (Å²) in [6, 6.07) is 7.69. The Balaban J connectivity index is 2.29. The maximum Gasteiger partial charge on any atom is 0.348 e. The monoisotopic (exact) mass is 288 g/mol. The summed E-state index contributed by atoms with van der Waals surface area (Å²) in [5.74, 6) is -1.02. The van der Waals surface area contributed by atoms with E-state index >= 15 is 0 Å². The molecule has 6 heteroatoms. The van der Waals surface area contributed by atoms with E-state index in [1.807, 2.05) is 0 Å². The van der Waals surface area contributed by atoms with Crippen LogP contribution in [0.1, 0.15) is 5.69 Å². The minimum absolute atomic E-state index is 0.122. The molecule has 1 heterocycles. The summed E-state index contributed by atoms with van der Waals surface area (Å²) in [6.07, 6.45) is 1.36. The maximum absolute atomic E-state index is 12.8. The number of thiazole rings is 1. The third-order valence-electron chi connectivity index (χ3n) is 2.43. The minimum Gasteiger partial charge on any atom is -0.465 e. The van der Waals surface area contributed by atoms with Gasteiger partial charge in [-0.2, -0.15) is 5.26 Å². The van der Waals surface area contributed by atoms with Crippen molar-refractivity contribution in [1.82, 2.24) is 4.98 Å². The molecular weight excluding hydrogens is 279 g/mol. The van der Waals surface area contributed by atoms with Crippen LogP contribution in [0.25, 0.3) is 16.6 Å². The van der Waals surface area contributed by atoms with E-state index in [9.17, 15) is 9.18 Å². The highest BCUT2D eigenvalue weighted by Gasteiger charge is 2.10. The number of nitriles is 1. The molecule has 0 N–H and O–H groups in total. The van der Waals surface area contributed by atoms with Gasteiger partial charge in [-0.3, -0.25) is 0 Å². The van der Waals surface area contributed by atoms with Crippen LogP contribution >= 0.6 is 11.3 Å². The predicted molar refractivity (Wildman–Crippen MR) is 73.1 cm³/mol. The van der Waals surface area contributed by atoms with Gasteiger partial charge in [0.15, 0.2) is 0 Å². The van der Waals surface area contributed by atoms with Crippen LogP contribution in [0.2, 0.25) is 0 Å². The number of benzene rings is 1. The van der Waals surface area contributed by atoms with Gasteiger partial charge < -0.3 is 4.74 Å². The Morgan fingerprint density at radius 2 is 2.15 bits per heavy atom. The quantitative estimate of drug-likeness (QED) is 0.495. The van der Waals surface area contributed by atoms with Crippen molar-refractivity contribution in [2.75, 3.05) is 7.11 Å². The molecule has 1 aromatic carbocycles. The molecule has 1 aromatic heterocycles. The Morgan fingerprint density at radius 1 is 1.45 bits per heavy atom. The van der Waals surface area contributed by atoms with E-state index in [4.69, 9.17) is 5.26 Å². The average molecular weight is 288 g/mol. The Kier molecular flexibility index (Phi) is 4.23. The molecular formula is C14H9FN2O2S. The number of nitrogens with zero attached hydrogens (tertiary/aromatic N) is 2. The molecule has 2 aromatic rings. The number of ether oxygens (including phenoxy) is 1. The molecule has 0 atom stereocenters. The van der Waals surface area contributed by atoms with Gasteiger partial charge in [0.25, 0.3) is 0 Å². The number of carbonyl (C=O) groups is 1. The second-order valence-electron chi connectivity index (χ2n) is 3.75. The first kappa shape index (κ1) is 13.9. The molecule has 4 nitrogen and oxygen atoms in total. The normalized spacial score (nSPS) is 10.9. The lowest BCUT2D eigenvalue weighted by Crippen LogP contribution is -2.02. The number of rotatable bonds is 3. The number of aromatic nitrogens is 1. The Hall–Kier alpha value is -2.52. The summed E-state index contributed by atoms with van der Waals surface area (Å²) in [7, 11) is 1.21. The van der Waals surface area contributed by atoms with Crippen LogP contribution in [0, 0.1) is 17.1 Å². The van der Waals surface area contributed by atoms with E-state index in [1.54, 1.807) is 23.6 Å². The topological polar surface area (TPSA) is 63.0 Å². The van der Waals surface area contributed by atoms with Crippen molar-refractivity contribution in [3.63, 3.8) is 0 Å². The van der Waals surface area contributed by atoms with E-state index in [2.05, 4.69) is 9.72 Å². The van der Waals surface area contributed by atoms with E-state index < -0.39 is 5.97 Å². The number of hydrogen-bond acceptors (Lipinski definition) is 5. The summed E-state index contributed by atoms with van der Waals surface area (Å²) in [5, 5.41) is 11.2. The van der Waals surface area contributed by atoms with Gasteiger partial charge in [-0.05, 0) is 30.3 Å². The highest BCUT2D eigenvalue weighted by molar-refractivity contribution is 7.13. The van der Waals surface area contributed by atoms with Crippen molar-refractivity contribution >= 4 is 23.4 Å². The fourth-order valence-electron chi connectivity index (χ4n) is 1.47. The smallest absolute Gasteiger partial charge is 0.348 e. The van der Waals surface area contributed by atoms with Crippen molar-refractivity contribution in [1.29, 1.82) is 5.26 Å². The van der Waals surface area contributed by atoms with Crippen LogP contribution in [-0.2, 0) is 9.53 Å². The molecule has 0 aliphatic carbocycles. The maximum atomic E-state index is 12.8. The number of esters is 1. The predicted octanol–water partition coefficient (Wildman–Crippen LogP) is 3.03. The van der Waals surface area contributed by atoms with Gasteiger partial charge in [0.05, 0.1) is 12.8 Å². The van der Waals surface area contributed by atoms with Crippen LogP contribution < -0.4 is 0 Å². The van der Waals surface area contributed by atoms with Crippen molar-refractivity contribution < 1.29 is 13.9 Å². The summed E-state index contributed by atoms with van der Waals surface area (Å²) < 4.78 is 17.3. The first-order valence-corrected chi connectivity index (χ1v) is 6.43. The van der Waals surface area contributed by atoms with E-state index in [1.165, 1.54) is 36.7 Å². The molecule has 20 heavy (non-hydrogen) atoms. The lowest BCUT2D eigenvalue weighted by atomic mass is 10.2. The van der Waals surface area contributed by atoms with Crippen molar-refractivity contribution in [2.24, 2.45) is 0 Å². The van der Waals surface area contributed by atoms with Gasteiger partial charge in [-0.1, -0.05) is 0 Å². The van der Waals surface area contributed by atoms with Gasteiger partial charge in [0.1, 0.15) is 22.5 Å². The van der Waals surface area contributed by atoms with Crippen molar-refractivity contribution in [3.8, 4) is 16.6 Å². The van der Waals surface area contributed by atoms with Crippen LogP contribution in [0.4, 0.5) is 4.39 Å². The molecule has 0 aliphatic rings. The van der Waals surface area contributed by atoms with Crippen LogP contribution in [0.5, 0.6) is 0 Å². The zero-order chi connectivity index (χ0) is 14.5. The molecule has 100 valence electrons. The standard InChI is InChI=1S/C14H9FN2O2S/c1-19-14(18)10(7-16)6-12-8-20-13(17-12)9-2-4-11(15)5-3-9/h2-6,8H,1H3/b10-6+. The fourth-order valence-corrected chi connectivity index (χ4v) is 2.26. The molecule has 0 spiro atoms. The molecule has 0 saturated heterocycles. The largest absolute Gasteiger partial charge is 0.465 e. The van der Waals surface area contributed by atoms with Crippen molar-refractivity contribution in [2.45, 2.75) is 0 Å². The number of hydrogen-bond donors (Lipinski definition) is 0. The zero-order valence-electron chi connectivity index (χ0n) is 10.5. The number of halogens is 1. The molecule has 0 radical (unpaired) electrons. The summed E-state index contributed by atoms with van der Waals surface area (Å²) in [6.45, 7) is 0. The first-order valence-electron chi connectivity index (χ1n) is 5.55. The van der Waals surface area contributed by atoms with Crippen LogP contribution in [-0.4, -0.2) is 18.1 Å². The highest BCUT2D eigenvalue weighted by Crippen LogP contribution is 2.24.